The lowest BCUT2D eigenvalue weighted by Crippen LogP contribution is -2.35. The minimum atomic E-state index is -0.703. The van der Waals surface area contributed by atoms with Crippen LogP contribution in [0.5, 0.6) is 5.75 Å². The molecule has 35 heavy (non-hydrogen) atoms. The molecule has 0 bridgehead atoms. The van der Waals surface area contributed by atoms with E-state index in [1.165, 1.54) is 17.7 Å². The predicted octanol–water partition coefficient (Wildman–Crippen LogP) is 4.28. The number of nitrogens with zero attached hydrogens (tertiary/aromatic N) is 2. The molecule has 0 unspecified atom stereocenters. The Hall–Kier alpha value is -4.18. The maximum absolute atomic E-state index is 14.3. The van der Waals surface area contributed by atoms with Gasteiger partial charge in [0.2, 0.25) is 5.91 Å². The van der Waals surface area contributed by atoms with Crippen LogP contribution >= 0.6 is 11.8 Å². The van der Waals surface area contributed by atoms with E-state index in [1.807, 2.05) is 0 Å². The number of benzene rings is 3. The van der Waals surface area contributed by atoms with Crippen molar-refractivity contribution in [1.29, 1.82) is 0 Å². The number of urea groups is 1. The Labute approximate surface area is 204 Å². The molecule has 0 aliphatic rings. The van der Waals surface area contributed by atoms with Crippen LogP contribution in [0.15, 0.2) is 76.7 Å². The summed E-state index contributed by atoms with van der Waals surface area (Å²) in [5.74, 6) is -0.628. The maximum Gasteiger partial charge on any atom is 0.325 e. The fourth-order valence-electron chi connectivity index (χ4n) is 3.29. The summed E-state index contributed by atoms with van der Waals surface area (Å²) in [7, 11) is 1.53. The number of halogens is 1. The molecule has 178 valence electrons. The van der Waals surface area contributed by atoms with Gasteiger partial charge in [-0.1, -0.05) is 30.0 Å². The lowest BCUT2D eigenvalue weighted by Gasteiger charge is -2.14. The number of hydrogen-bond donors (Lipinski definition) is 2. The average molecular weight is 493 g/mol. The normalized spacial score (nSPS) is 10.7. The second-order valence-corrected chi connectivity index (χ2v) is 8.45. The van der Waals surface area contributed by atoms with Crippen molar-refractivity contribution in [3.05, 3.63) is 88.5 Å². The van der Waals surface area contributed by atoms with Gasteiger partial charge in [0.25, 0.3) is 5.56 Å². The van der Waals surface area contributed by atoms with Crippen LogP contribution in [-0.4, -0.2) is 34.4 Å². The number of rotatable bonds is 6. The first-order valence-electron chi connectivity index (χ1n) is 10.5. The largest absolute Gasteiger partial charge is 0.497 e. The summed E-state index contributed by atoms with van der Waals surface area (Å²) in [5, 5.41) is 5.35. The number of aromatic nitrogens is 2. The van der Waals surface area contributed by atoms with Gasteiger partial charge < -0.3 is 10.1 Å². The first kappa shape index (κ1) is 24.0. The number of para-hydroxylation sites is 1. The topological polar surface area (TPSA) is 102 Å². The molecule has 4 aromatic rings. The number of ether oxygens (including phenoxy) is 1. The Bertz CT molecular complexity index is 1470. The third-order valence-corrected chi connectivity index (χ3v) is 6.03. The zero-order valence-electron chi connectivity index (χ0n) is 18.9. The number of hydrogen-bond acceptors (Lipinski definition) is 6. The van der Waals surface area contributed by atoms with Crippen LogP contribution < -0.4 is 20.9 Å². The van der Waals surface area contributed by atoms with E-state index in [0.29, 0.717) is 27.9 Å². The van der Waals surface area contributed by atoms with Crippen molar-refractivity contribution in [1.82, 2.24) is 14.9 Å². The summed E-state index contributed by atoms with van der Waals surface area (Å²) >= 11 is 0.963. The van der Waals surface area contributed by atoms with E-state index >= 15 is 0 Å². The Balaban J connectivity index is 1.54. The number of nitrogens with one attached hydrogen (secondary N) is 2. The average Bonchev–Trinajstić information content (AvgIpc) is 2.85. The SMILES string of the molecule is COc1ccc(NC(=O)NC(=O)CSc2nc3ccccc3c(=O)n2-c2ccc(C)c(F)c2)cc1. The van der Waals surface area contributed by atoms with Crippen LogP contribution in [0.25, 0.3) is 16.6 Å². The van der Waals surface area contributed by atoms with E-state index in [9.17, 15) is 18.8 Å². The van der Waals surface area contributed by atoms with E-state index in [2.05, 4.69) is 15.6 Å². The fraction of sp³-hybridized carbons (Fsp3) is 0.120. The van der Waals surface area contributed by atoms with Crippen LogP contribution in [0.3, 0.4) is 0 Å². The zero-order valence-corrected chi connectivity index (χ0v) is 19.7. The highest BCUT2D eigenvalue weighted by Gasteiger charge is 2.16. The Kier molecular flexibility index (Phi) is 7.11. The van der Waals surface area contributed by atoms with Gasteiger partial charge in [-0.05, 0) is 61.0 Å². The Morgan fingerprint density at radius 1 is 1.09 bits per heavy atom. The van der Waals surface area contributed by atoms with Gasteiger partial charge in [0, 0.05) is 5.69 Å². The number of amides is 3. The molecule has 0 saturated carbocycles. The summed E-state index contributed by atoms with van der Waals surface area (Å²) in [4.78, 5) is 42.3. The summed E-state index contributed by atoms with van der Waals surface area (Å²) in [6.45, 7) is 1.62. The standard InChI is InChI=1S/C25H21FN4O4S/c1-15-7-10-17(13-20(15)26)30-23(32)19-5-3-4-6-21(19)28-25(30)35-14-22(31)29-24(33)27-16-8-11-18(34-2)12-9-16/h3-13H,14H2,1-2H3,(H2,27,29,31,33). The van der Waals surface area contributed by atoms with Crippen molar-refractivity contribution in [2.45, 2.75) is 12.1 Å². The second kappa shape index (κ2) is 10.4. The highest BCUT2D eigenvalue weighted by molar-refractivity contribution is 7.99. The monoisotopic (exact) mass is 492 g/mol. The molecular formula is C25H21FN4O4S. The molecule has 3 aromatic carbocycles. The van der Waals surface area contributed by atoms with E-state index in [0.717, 1.165) is 11.8 Å². The van der Waals surface area contributed by atoms with Gasteiger partial charge in [-0.3, -0.25) is 19.5 Å². The lowest BCUT2D eigenvalue weighted by molar-refractivity contribution is -0.117. The lowest BCUT2D eigenvalue weighted by atomic mass is 10.2. The van der Waals surface area contributed by atoms with Crippen LogP contribution in [0.1, 0.15) is 5.56 Å². The quantitative estimate of drug-likeness (QED) is 0.308. The van der Waals surface area contributed by atoms with Gasteiger partial charge in [-0.25, -0.2) is 14.2 Å². The molecule has 8 nitrogen and oxygen atoms in total. The molecular weight excluding hydrogens is 471 g/mol. The number of imide groups is 1. The van der Waals surface area contributed by atoms with Gasteiger partial charge in [-0.2, -0.15) is 0 Å². The number of methoxy groups -OCH3 is 1. The van der Waals surface area contributed by atoms with E-state index in [4.69, 9.17) is 4.74 Å². The molecule has 0 aliphatic carbocycles. The van der Waals surface area contributed by atoms with Crippen LogP contribution in [0.2, 0.25) is 0 Å². The molecule has 3 amide bonds. The predicted molar refractivity (Wildman–Crippen MR) is 133 cm³/mol. The molecule has 0 atom stereocenters. The van der Waals surface area contributed by atoms with Crippen molar-refractivity contribution < 1.29 is 18.7 Å². The van der Waals surface area contributed by atoms with Crippen molar-refractivity contribution in [2.75, 3.05) is 18.2 Å². The molecule has 1 aromatic heterocycles. The molecule has 2 N–H and O–H groups in total. The molecule has 0 fully saturated rings. The number of fused-ring (bicyclic) bond motifs is 1. The van der Waals surface area contributed by atoms with Gasteiger partial charge in [0.15, 0.2) is 5.16 Å². The Morgan fingerprint density at radius 2 is 1.83 bits per heavy atom. The molecule has 10 heteroatoms. The second-order valence-electron chi connectivity index (χ2n) is 7.51. The van der Waals surface area contributed by atoms with Gasteiger partial charge in [0.05, 0.1) is 29.5 Å². The van der Waals surface area contributed by atoms with Gasteiger partial charge >= 0.3 is 6.03 Å². The van der Waals surface area contributed by atoms with Crippen molar-refractivity contribution in [3.8, 4) is 11.4 Å². The maximum atomic E-state index is 14.3. The highest BCUT2D eigenvalue weighted by atomic mass is 32.2. The third kappa shape index (κ3) is 5.49. The van der Waals surface area contributed by atoms with E-state index < -0.39 is 17.8 Å². The zero-order chi connectivity index (χ0) is 24.9. The van der Waals surface area contributed by atoms with Crippen molar-refractivity contribution in [3.63, 3.8) is 0 Å². The number of carbonyl (C=O) groups excluding carboxylic acids is 2. The molecule has 4 rings (SSSR count). The molecule has 0 aliphatic heterocycles. The van der Waals surface area contributed by atoms with Crippen LogP contribution in [0.4, 0.5) is 14.9 Å². The molecule has 0 spiro atoms. The molecule has 0 radical (unpaired) electrons. The first-order valence-corrected chi connectivity index (χ1v) is 11.5. The summed E-state index contributed by atoms with van der Waals surface area (Å²) < 4.78 is 20.6. The van der Waals surface area contributed by atoms with E-state index in [1.54, 1.807) is 67.6 Å². The van der Waals surface area contributed by atoms with E-state index in [-0.39, 0.29) is 22.2 Å². The van der Waals surface area contributed by atoms with Gasteiger partial charge in [0.1, 0.15) is 11.6 Å². The smallest absolute Gasteiger partial charge is 0.325 e. The Morgan fingerprint density at radius 3 is 2.54 bits per heavy atom. The number of carbonyl (C=O) groups is 2. The molecule has 1 heterocycles. The molecule has 0 saturated heterocycles. The van der Waals surface area contributed by atoms with Crippen molar-refractivity contribution in [2.24, 2.45) is 0 Å². The number of thioether (sulfide) groups is 1. The van der Waals surface area contributed by atoms with Crippen LogP contribution in [-0.2, 0) is 4.79 Å². The van der Waals surface area contributed by atoms with Crippen LogP contribution in [0, 0.1) is 12.7 Å². The fourth-order valence-corrected chi connectivity index (χ4v) is 4.10. The van der Waals surface area contributed by atoms with Crippen molar-refractivity contribution >= 4 is 40.3 Å². The summed E-state index contributed by atoms with van der Waals surface area (Å²) in [6, 6.07) is 17.1. The summed E-state index contributed by atoms with van der Waals surface area (Å²) in [5.41, 5.74) is 1.26. The number of anilines is 1. The highest BCUT2D eigenvalue weighted by Crippen LogP contribution is 2.22. The summed E-state index contributed by atoms with van der Waals surface area (Å²) in [6.07, 6.45) is 0. The minimum absolute atomic E-state index is 0.197. The minimum Gasteiger partial charge on any atom is -0.497 e. The number of aryl methyl sites for hydroxylation is 1. The third-order valence-electron chi connectivity index (χ3n) is 5.09. The van der Waals surface area contributed by atoms with Gasteiger partial charge in [-0.15, -0.1) is 0 Å². The first-order chi connectivity index (χ1) is 16.9.